The third-order valence-corrected chi connectivity index (χ3v) is 4.10. The number of amides is 2. The van der Waals surface area contributed by atoms with Gasteiger partial charge in [-0.3, -0.25) is 19.4 Å². The van der Waals surface area contributed by atoms with Gasteiger partial charge in [0, 0.05) is 30.0 Å². The van der Waals surface area contributed by atoms with Crippen LogP contribution in [0.2, 0.25) is 0 Å². The summed E-state index contributed by atoms with van der Waals surface area (Å²) in [4.78, 5) is 39.7. The fourth-order valence-corrected chi connectivity index (χ4v) is 2.74. The summed E-state index contributed by atoms with van der Waals surface area (Å²) >= 11 is 0. The number of hydrogen-bond acceptors (Lipinski definition) is 5. The van der Waals surface area contributed by atoms with Crippen molar-refractivity contribution < 1.29 is 19.1 Å². The van der Waals surface area contributed by atoms with Crippen LogP contribution in [0.3, 0.4) is 0 Å². The number of fused-ring (bicyclic) bond motifs is 1. The molecule has 0 saturated heterocycles. The number of nitrogens with one attached hydrogen (secondary N) is 1. The van der Waals surface area contributed by atoms with E-state index < -0.39 is 23.8 Å². The number of pyridine rings is 1. The van der Waals surface area contributed by atoms with E-state index in [1.54, 1.807) is 6.07 Å². The van der Waals surface area contributed by atoms with Gasteiger partial charge < -0.3 is 15.8 Å². The molecular formula is C21H19N3O4. The van der Waals surface area contributed by atoms with Gasteiger partial charge >= 0.3 is 5.97 Å². The number of esters is 1. The molecule has 7 heteroatoms. The van der Waals surface area contributed by atoms with Crippen molar-refractivity contribution in [2.75, 3.05) is 0 Å². The highest BCUT2D eigenvalue weighted by molar-refractivity contribution is 5.97. The number of para-hydroxylation sites is 1. The van der Waals surface area contributed by atoms with Gasteiger partial charge in [0.1, 0.15) is 11.8 Å². The molecule has 0 bridgehead atoms. The molecule has 28 heavy (non-hydrogen) atoms. The molecule has 3 aromatic rings. The first-order valence-electron chi connectivity index (χ1n) is 8.66. The molecule has 3 N–H and O–H groups in total. The molecule has 0 fully saturated rings. The summed E-state index contributed by atoms with van der Waals surface area (Å²) in [7, 11) is 0. The Morgan fingerprint density at radius 3 is 2.43 bits per heavy atom. The largest absolute Gasteiger partial charge is 0.427 e. The number of nitrogens with two attached hydrogens (primary N) is 1. The fourth-order valence-electron chi connectivity index (χ4n) is 2.74. The zero-order valence-corrected chi connectivity index (χ0v) is 15.2. The normalized spacial score (nSPS) is 11.6. The van der Waals surface area contributed by atoms with Crippen LogP contribution in [0, 0.1) is 0 Å². The maximum atomic E-state index is 12.4. The van der Waals surface area contributed by atoms with E-state index in [4.69, 9.17) is 10.5 Å². The fraction of sp³-hybridized carbons (Fsp3) is 0.143. The smallest absolute Gasteiger partial charge is 0.308 e. The van der Waals surface area contributed by atoms with Crippen molar-refractivity contribution in [1.82, 2.24) is 10.3 Å². The van der Waals surface area contributed by atoms with Gasteiger partial charge in [0.2, 0.25) is 5.91 Å². The molecule has 2 aromatic carbocycles. The summed E-state index contributed by atoms with van der Waals surface area (Å²) in [6.45, 7) is 1.29. The first-order valence-corrected chi connectivity index (χ1v) is 8.66. The molecule has 0 aliphatic carbocycles. The minimum absolute atomic E-state index is 0.178. The van der Waals surface area contributed by atoms with Crippen molar-refractivity contribution in [3.05, 3.63) is 71.9 Å². The van der Waals surface area contributed by atoms with Gasteiger partial charge in [0.05, 0.1) is 5.52 Å². The second kappa shape index (κ2) is 8.30. The predicted molar refractivity (Wildman–Crippen MR) is 104 cm³/mol. The highest BCUT2D eigenvalue weighted by Crippen LogP contribution is 2.14. The first-order chi connectivity index (χ1) is 13.4. The summed E-state index contributed by atoms with van der Waals surface area (Å²) in [6, 6.07) is 16.4. The molecule has 0 aliphatic rings. The van der Waals surface area contributed by atoms with Crippen LogP contribution in [0.15, 0.2) is 60.7 Å². The van der Waals surface area contributed by atoms with Gasteiger partial charge in [0.25, 0.3) is 5.91 Å². The van der Waals surface area contributed by atoms with Crippen LogP contribution in [-0.2, 0) is 16.0 Å². The summed E-state index contributed by atoms with van der Waals surface area (Å²) < 4.78 is 4.93. The Balaban J connectivity index is 1.72. The van der Waals surface area contributed by atoms with E-state index in [2.05, 4.69) is 10.3 Å². The molecular weight excluding hydrogens is 358 g/mol. The lowest BCUT2D eigenvalue weighted by atomic mass is 10.1. The number of nitrogens with zero attached hydrogens (tertiary/aromatic N) is 1. The van der Waals surface area contributed by atoms with Crippen LogP contribution in [-0.4, -0.2) is 28.8 Å². The summed E-state index contributed by atoms with van der Waals surface area (Å²) in [6.07, 6.45) is 0.178. The van der Waals surface area contributed by atoms with E-state index in [0.717, 1.165) is 10.9 Å². The number of rotatable bonds is 6. The van der Waals surface area contributed by atoms with E-state index in [9.17, 15) is 14.4 Å². The van der Waals surface area contributed by atoms with Gasteiger partial charge in [-0.1, -0.05) is 24.3 Å². The van der Waals surface area contributed by atoms with E-state index in [1.165, 1.54) is 31.2 Å². The van der Waals surface area contributed by atoms with Crippen LogP contribution in [0.1, 0.15) is 23.0 Å². The van der Waals surface area contributed by atoms with Gasteiger partial charge in [0.15, 0.2) is 0 Å². The van der Waals surface area contributed by atoms with Crippen LogP contribution in [0.4, 0.5) is 0 Å². The number of hydrogen-bond donors (Lipinski definition) is 2. The average Bonchev–Trinajstić information content (AvgIpc) is 2.67. The molecule has 0 radical (unpaired) electrons. The van der Waals surface area contributed by atoms with Gasteiger partial charge in [-0.2, -0.15) is 0 Å². The van der Waals surface area contributed by atoms with E-state index >= 15 is 0 Å². The van der Waals surface area contributed by atoms with Crippen LogP contribution in [0.25, 0.3) is 10.9 Å². The third-order valence-electron chi connectivity index (χ3n) is 4.10. The van der Waals surface area contributed by atoms with E-state index in [0.29, 0.717) is 17.0 Å². The molecule has 1 aromatic heterocycles. The Morgan fingerprint density at radius 2 is 1.75 bits per heavy atom. The number of aromatic nitrogens is 1. The van der Waals surface area contributed by atoms with Crippen LogP contribution >= 0.6 is 0 Å². The van der Waals surface area contributed by atoms with Gasteiger partial charge in [-0.05, 0) is 36.4 Å². The average molecular weight is 377 g/mol. The lowest BCUT2D eigenvalue weighted by Gasteiger charge is -2.15. The summed E-state index contributed by atoms with van der Waals surface area (Å²) in [5.74, 6) is -1.23. The predicted octanol–water partition coefficient (Wildman–Crippen LogP) is 1.99. The van der Waals surface area contributed by atoms with Crippen molar-refractivity contribution in [3.63, 3.8) is 0 Å². The molecule has 0 saturated carbocycles. The molecule has 3 rings (SSSR count). The Labute approximate surface area is 161 Å². The van der Waals surface area contributed by atoms with Crippen molar-refractivity contribution in [1.29, 1.82) is 0 Å². The Hall–Kier alpha value is -3.74. The van der Waals surface area contributed by atoms with Crippen LogP contribution < -0.4 is 15.8 Å². The summed E-state index contributed by atoms with van der Waals surface area (Å²) in [5.41, 5.74) is 7.22. The quantitative estimate of drug-likeness (QED) is 0.504. The topological polar surface area (TPSA) is 111 Å². The monoisotopic (exact) mass is 377 g/mol. The lowest BCUT2D eigenvalue weighted by molar-refractivity contribution is -0.131. The Bertz CT molecular complexity index is 1030. The van der Waals surface area contributed by atoms with Crippen molar-refractivity contribution in [3.8, 4) is 5.75 Å². The minimum atomic E-state index is -0.908. The summed E-state index contributed by atoms with van der Waals surface area (Å²) in [5, 5.41) is 3.61. The Morgan fingerprint density at radius 1 is 1.04 bits per heavy atom. The molecule has 0 aliphatic heterocycles. The van der Waals surface area contributed by atoms with E-state index in [1.807, 2.05) is 30.3 Å². The highest BCUT2D eigenvalue weighted by atomic mass is 16.5. The highest BCUT2D eigenvalue weighted by Gasteiger charge is 2.20. The Kier molecular flexibility index (Phi) is 5.64. The molecule has 1 atom stereocenters. The van der Waals surface area contributed by atoms with Gasteiger partial charge in [-0.15, -0.1) is 0 Å². The number of ether oxygens (including phenoxy) is 1. The second-order valence-electron chi connectivity index (χ2n) is 6.25. The number of carbonyl (C=O) groups excluding carboxylic acids is 3. The molecule has 0 unspecified atom stereocenters. The molecule has 2 amide bonds. The van der Waals surface area contributed by atoms with Crippen molar-refractivity contribution in [2.45, 2.75) is 19.4 Å². The maximum absolute atomic E-state index is 12.4. The zero-order chi connectivity index (χ0) is 20.1. The minimum Gasteiger partial charge on any atom is -0.427 e. The lowest BCUT2D eigenvalue weighted by Crippen LogP contribution is -2.46. The second-order valence-corrected chi connectivity index (χ2v) is 6.25. The van der Waals surface area contributed by atoms with Crippen molar-refractivity contribution >= 4 is 28.7 Å². The van der Waals surface area contributed by atoms with E-state index in [-0.39, 0.29) is 6.42 Å². The zero-order valence-electron chi connectivity index (χ0n) is 15.2. The molecule has 142 valence electrons. The SMILES string of the molecule is CC(=O)Oc1ccc(C(=O)N[C@H](Cc2ccc3ccccc3n2)C(N)=O)cc1. The molecule has 0 spiro atoms. The first kappa shape index (κ1) is 19.0. The molecule has 1 heterocycles. The number of carbonyl (C=O) groups is 3. The van der Waals surface area contributed by atoms with Gasteiger partial charge in [-0.25, -0.2) is 0 Å². The van der Waals surface area contributed by atoms with Crippen LogP contribution in [0.5, 0.6) is 5.75 Å². The maximum Gasteiger partial charge on any atom is 0.308 e. The third kappa shape index (κ3) is 4.70. The standard InChI is InChI=1S/C21H19N3O4/c1-13(25)28-17-10-7-15(8-11-17)21(27)24-19(20(22)26)12-16-9-6-14-4-2-3-5-18(14)23-16/h2-11,19H,12H2,1H3,(H2,22,26)(H,24,27)/t19-/m1/s1. The molecule has 7 nitrogen and oxygen atoms in total. The number of primary amides is 1. The number of benzene rings is 2. The van der Waals surface area contributed by atoms with Crippen molar-refractivity contribution in [2.24, 2.45) is 5.73 Å².